The Labute approximate surface area is 295 Å². The zero-order chi connectivity index (χ0) is 36.6. The quantitative estimate of drug-likeness (QED) is 0.0804. The second-order valence-electron chi connectivity index (χ2n) is 11.5. The highest BCUT2D eigenvalue weighted by molar-refractivity contribution is 7.99. The van der Waals surface area contributed by atoms with Crippen LogP contribution in [0.4, 0.5) is 27.6 Å². The number of rotatable bonds is 11. The van der Waals surface area contributed by atoms with E-state index in [9.17, 15) is 22.0 Å². The van der Waals surface area contributed by atoms with Gasteiger partial charge in [-0.1, -0.05) is 50.1 Å². The lowest BCUT2D eigenvalue weighted by Crippen LogP contribution is -2.57. The molecule has 272 valence electrons. The van der Waals surface area contributed by atoms with E-state index < -0.39 is 22.6 Å². The highest BCUT2D eigenvalue weighted by Crippen LogP contribution is 2.45. The number of amidine groups is 1. The van der Waals surface area contributed by atoms with E-state index in [1.165, 1.54) is 43.3 Å². The first-order valence-corrected chi connectivity index (χ1v) is 17.2. The normalized spacial score (nSPS) is 21.3. The Balaban J connectivity index is 0.00000107. The number of anilines is 1. The number of fused-ring (bicyclic) bond motifs is 2. The minimum absolute atomic E-state index is 0.0448. The van der Waals surface area contributed by atoms with Crippen LogP contribution in [-0.2, 0) is 20.4 Å². The van der Waals surface area contributed by atoms with Gasteiger partial charge in [0.2, 0.25) is 0 Å². The third kappa shape index (κ3) is 13.3. The summed E-state index contributed by atoms with van der Waals surface area (Å²) in [5.74, 6) is -0.405. The molecule has 49 heavy (non-hydrogen) atoms. The number of methoxy groups -OCH3 is 1. The lowest BCUT2D eigenvalue weighted by molar-refractivity contribution is -0.137. The van der Waals surface area contributed by atoms with Crippen LogP contribution in [0.25, 0.3) is 6.08 Å². The monoisotopic (exact) mass is 732 g/mol. The number of ether oxygens (including phenoxy) is 2. The van der Waals surface area contributed by atoms with E-state index in [0.29, 0.717) is 55.9 Å². The molecule has 1 N–H and O–H groups in total. The minimum Gasteiger partial charge on any atom is -0.382 e. The zero-order valence-corrected chi connectivity index (χ0v) is 29.9. The molecule has 1 saturated heterocycles. The number of carbonyl (C=O) groups excluding carboxylic acids is 1. The first kappa shape index (κ1) is 42.2. The van der Waals surface area contributed by atoms with Crippen LogP contribution in [0, 0.1) is 0 Å². The lowest BCUT2D eigenvalue weighted by atomic mass is 9.97. The number of hydrogen-bond acceptors (Lipinski definition) is 8. The zero-order valence-electron chi connectivity index (χ0n) is 28.4. The van der Waals surface area contributed by atoms with Gasteiger partial charge in [0.15, 0.2) is 0 Å². The Bertz CT molecular complexity index is 1370. The van der Waals surface area contributed by atoms with Crippen LogP contribution in [0.1, 0.15) is 49.8 Å². The van der Waals surface area contributed by atoms with Crippen LogP contribution in [0.2, 0.25) is 0 Å². The fourth-order valence-electron chi connectivity index (χ4n) is 4.75. The first-order valence-electron chi connectivity index (χ1n) is 15.8. The number of allylic oxidation sites excluding steroid dienone is 5. The second kappa shape index (κ2) is 21.3. The number of carbonyl (C=O) groups is 1. The molecule has 14 heteroatoms. The molecule has 2 unspecified atom stereocenters. The van der Waals surface area contributed by atoms with Gasteiger partial charge in [0.1, 0.15) is 17.9 Å². The van der Waals surface area contributed by atoms with Crippen molar-refractivity contribution in [2.45, 2.75) is 62.3 Å². The van der Waals surface area contributed by atoms with Gasteiger partial charge < -0.3 is 19.7 Å². The smallest absolute Gasteiger partial charge is 0.382 e. The number of benzene rings is 1. The molecule has 2 fully saturated rings. The van der Waals surface area contributed by atoms with Crippen molar-refractivity contribution in [1.82, 2.24) is 9.80 Å². The predicted molar refractivity (Wildman–Crippen MR) is 191 cm³/mol. The maximum atomic E-state index is 14.6. The van der Waals surface area contributed by atoms with Gasteiger partial charge in [0.25, 0.3) is 0 Å². The predicted octanol–water partition coefficient (Wildman–Crippen LogP) is 8.63. The molecular formula is C35H46ClF5N4O3S. The van der Waals surface area contributed by atoms with Crippen molar-refractivity contribution in [1.29, 1.82) is 0 Å². The molecule has 2 heterocycles. The molecule has 2 aliphatic heterocycles. The average molecular weight is 733 g/mol. The highest BCUT2D eigenvalue weighted by atomic mass is 35.5. The number of nitrogens with one attached hydrogen (secondary N) is 1. The van der Waals surface area contributed by atoms with Crippen molar-refractivity contribution in [2.24, 2.45) is 4.99 Å². The Morgan fingerprint density at radius 1 is 1.16 bits per heavy atom. The summed E-state index contributed by atoms with van der Waals surface area (Å²) >= 11 is 7.09. The number of likely N-dealkylation sites (N-methyl/N-ethyl adjacent to an activating group) is 1. The molecule has 0 spiro atoms. The van der Waals surface area contributed by atoms with Crippen LogP contribution < -0.4 is 5.32 Å². The van der Waals surface area contributed by atoms with Gasteiger partial charge in [-0.05, 0) is 45.3 Å². The molecule has 1 aliphatic carbocycles. The molecule has 0 amide bonds. The Kier molecular flexibility index (Phi) is 18.3. The van der Waals surface area contributed by atoms with Gasteiger partial charge in [-0.15, -0.1) is 11.8 Å². The molecule has 1 saturated carbocycles. The summed E-state index contributed by atoms with van der Waals surface area (Å²) in [4.78, 5) is 18.6. The van der Waals surface area contributed by atoms with E-state index in [2.05, 4.69) is 30.3 Å². The Morgan fingerprint density at radius 3 is 2.39 bits per heavy atom. The Morgan fingerprint density at radius 2 is 1.84 bits per heavy atom. The van der Waals surface area contributed by atoms with Crippen molar-refractivity contribution in [3.8, 4) is 0 Å². The molecule has 7 nitrogen and oxygen atoms in total. The minimum atomic E-state index is -4.77. The number of alkyl halides is 3. The summed E-state index contributed by atoms with van der Waals surface area (Å²) in [6.45, 7) is 13.1. The van der Waals surface area contributed by atoms with Crippen molar-refractivity contribution >= 4 is 47.2 Å². The van der Waals surface area contributed by atoms with Crippen LogP contribution in [0.15, 0.2) is 70.7 Å². The molecule has 3 atom stereocenters. The first-order chi connectivity index (χ1) is 23.3. The molecule has 0 aromatic heterocycles. The fraction of sp³-hybridized carbons (Fsp3) is 0.486. The van der Waals surface area contributed by atoms with E-state index in [-0.39, 0.29) is 47.1 Å². The maximum absolute atomic E-state index is 14.6. The fourth-order valence-corrected chi connectivity index (χ4v) is 6.05. The number of nitrogens with zero attached hydrogens (tertiary/aromatic N) is 3. The van der Waals surface area contributed by atoms with Crippen LogP contribution >= 0.6 is 23.4 Å². The van der Waals surface area contributed by atoms with Gasteiger partial charge in [-0.25, -0.2) is 8.78 Å². The van der Waals surface area contributed by atoms with E-state index in [1.807, 2.05) is 18.9 Å². The third-order valence-electron chi connectivity index (χ3n) is 7.43. The molecule has 1 aromatic carbocycles. The highest BCUT2D eigenvalue weighted by Gasteiger charge is 2.39. The average Bonchev–Trinajstić information content (AvgIpc) is 3.95. The topological polar surface area (TPSA) is 66.4 Å². The number of piperazine rings is 1. The number of aliphatic imine (C=N–C) groups is 1. The van der Waals surface area contributed by atoms with Gasteiger partial charge in [0.05, 0.1) is 48.5 Å². The summed E-state index contributed by atoms with van der Waals surface area (Å²) in [6.07, 6.45) is 5.48. The molecule has 0 radical (unpaired) electrons. The van der Waals surface area contributed by atoms with Crippen LogP contribution in [0.5, 0.6) is 0 Å². The number of aldehydes is 1. The summed E-state index contributed by atoms with van der Waals surface area (Å²) in [7, 11) is 3.58. The van der Waals surface area contributed by atoms with Gasteiger partial charge in [-0.2, -0.15) is 13.2 Å². The van der Waals surface area contributed by atoms with Crippen molar-refractivity contribution in [3.63, 3.8) is 0 Å². The van der Waals surface area contributed by atoms with Crippen LogP contribution in [0.3, 0.4) is 0 Å². The third-order valence-corrected chi connectivity index (χ3v) is 9.00. The maximum Gasteiger partial charge on any atom is 0.417 e. The number of halogens is 6. The summed E-state index contributed by atoms with van der Waals surface area (Å²) in [5, 5.41) is 2.49. The summed E-state index contributed by atoms with van der Waals surface area (Å²) in [5.41, 5.74) is -0.492. The van der Waals surface area contributed by atoms with Gasteiger partial charge in [0, 0.05) is 60.1 Å². The molecule has 2 bridgehead atoms. The number of hydrogen-bond donors (Lipinski definition) is 1. The molecule has 4 rings (SSSR count). The summed E-state index contributed by atoms with van der Waals surface area (Å²) in [6, 6.07) is 0.757. The lowest BCUT2D eigenvalue weighted by Gasteiger charge is -2.45. The van der Waals surface area contributed by atoms with Gasteiger partial charge >= 0.3 is 6.18 Å². The SMILES string of the molecule is C1CC1.C=CC=O.C=CNc1c2cc(C(F)(F)F)c(/C=C/C(Cl)=C(F)\C=C\F)c1SCC(COCCOC)N=C2N1C[C@@H](C)N(C)CC1C. The molecule has 1 aromatic rings. The second-order valence-corrected chi connectivity index (χ2v) is 12.9. The van der Waals surface area contributed by atoms with E-state index in [4.69, 9.17) is 30.9 Å². The largest absolute Gasteiger partial charge is 0.417 e. The van der Waals surface area contributed by atoms with E-state index in [0.717, 1.165) is 18.2 Å². The summed E-state index contributed by atoms with van der Waals surface area (Å²) < 4.78 is 81.3. The standard InChI is InChI=1S/C29H36ClF5N4O2S.C3H4O.C3H6/c1-6-36-26-22-13-23(29(33,34)35)21(7-8-24(30)25(32)9-10-31)27(26)42-17-20(16-41-12-11-40-5)37-28(22)39-15-18(2)38(4)14-19(39)3;1-2-3-4;1-2-3-1/h6-10,13,18-20,36H,1,11-12,14-17H2,2-5H3;2-3H,1H2;1-3H2/b8-7+,10-9+,25-24-,37-28?;;/t18-,19?,20?;;/m1../s1. The van der Waals surface area contributed by atoms with Crippen molar-refractivity contribution in [2.75, 3.05) is 58.1 Å². The molecular weight excluding hydrogens is 687 g/mol. The van der Waals surface area contributed by atoms with Crippen molar-refractivity contribution in [3.05, 3.63) is 77.5 Å². The number of thioether (sulfide) groups is 1. The van der Waals surface area contributed by atoms with Crippen LogP contribution in [-0.4, -0.2) is 92.9 Å². The van der Waals surface area contributed by atoms with E-state index >= 15 is 0 Å². The Hall–Kier alpha value is -2.97. The van der Waals surface area contributed by atoms with Crippen molar-refractivity contribution < 1.29 is 36.2 Å². The molecule has 3 aliphatic rings. The van der Waals surface area contributed by atoms with Gasteiger partial charge in [-0.3, -0.25) is 14.7 Å². The van der Waals surface area contributed by atoms with E-state index in [1.54, 1.807) is 7.11 Å².